The highest BCUT2D eigenvalue weighted by atomic mass is 35.7. The van der Waals surface area contributed by atoms with Crippen LogP contribution in [0.3, 0.4) is 0 Å². The minimum Gasteiger partial charge on any atom is -0.298 e. The first-order valence-electron chi connectivity index (χ1n) is 4.44. The molecule has 0 aromatic carbocycles. The number of carbonyl (C=O) groups is 1. The van der Waals surface area contributed by atoms with Crippen molar-refractivity contribution in [1.29, 1.82) is 0 Å². The Morgan fingerprint density at radius 1 is 1.23 bits per heavy atom. The normalized spacial score (nSPS) is 20.1. The van der Waals surface area contributed by atoms with Crippen LogP contribution in [0.4, 0.5) is 0 Å². The molecule has 0 saturated heterocycles. The molecule has 0 bridgehead atoms. The van der Waals surface area contributed by atoms with E-state index in [1.54, 1.807) is 0 Å². The average molecular weight is 225 g/mol. The molecule has 0 aromatic rings. The Hall–Kier alpha value is -0.0900. The Balaban J connectivity index is 2.47. The summed E-state index contributed by atoms with van der Waals surface area (Å²) < 4.78 is 21.3. The molecule has 1 saturated carbocycles. The van der Waals surface area contributed by atoms with Crippen LogP contribution in [0.25, 0.3) is 0 Å². The van der Waals surface area contributed by atoms with E-state index < -0.39 is 14.8 Å². The zero-order valence-electron chi connectivity index (χ0n) is 7.33. The van der Waals surface area contributed by atoms with Crippen molar-refractivity contribution in [2.45, 2.75) is 32.1 Å². The number of rotatable bonds is 3. The summed E-state index contributed by atoms with van der Waals surface area (Å²) in [5, 5.41) is 0. The summed E-state index contributed by atoms with van der Waals surface area (Å²) in [6.07, 6.45) is 4.85. The van der Waals surface area contributed by atoms with E-state index >= 15 is 0 Å². The molecular weight excluding hydrogens is 212 g/mol. The zero-order chi connectivity index (χ0) is 9.90. The van der Waals surface area contributed by atoms with Gasteiger partial charge in [-0.1, -0.05) is 19.3 Å². The first-order valence-corrected chi connectivity index (χ1v) is 6.92. The predicted molar refractivity (Wildman–Crippen MR) is 51.2 cm³/mol. The second kappa shape index (κ2) is 4.42. The molecule has 0 unspecified atom stereocenters. The van der Waals surface area contributed by atoms with Crippen molar-refractivity contribution in [2.75, 3.05) is 5.75 Å². The Morgan fingerprint density at radius 3 is 2.23 bits per heavy atom. The topological polar surface area (TPSA) is 51.2 Å². The molecule has 0 radical (unpaired) electrons. The van der Waals surface area contributed by atoms with Gasteiger partial charge in [0.25, 0.3) is 0 Å². The summed E-state index contributed by atoms with van der Waals surface area (Å²) in [7, 11) is 1.35. The summed E-state index contributed by atoms with van der Waals surface area (Å²) in [5.74, 6) is -0.781. The Kier molecular flexibility index (Phi) is 3.74. The van der Waals surface area contributed by atoms with Gasteiger partial charge in [0.15, 0.2) is 5.78 Å². The lowest BCUT2D eigenvalue weighted by atomic mass is 9.87. The minimum atomic E-state index is -3.65. The summed E-state index contributed by atoms with van der Waals surface area (Å²) >= 11 is 0. The number of Topliss-reactive ketones (excluding diaryl/α,β-unsaturated/α-hetero) is 1. The van der Waals surface area contributed by atoms with Crippen LogP contribution in [-0.4, -0.2) is 20.0 Å². The molecule has 5 heteroatoms. The largest absolute Gasteiger partial charge is 0.298 e. The molecule has 1 fully saturated rings. The van der Waals surface area contributed by atoms with E-state index in [2.05, 4.69) is 0 Å². The van der Waals surface area contributed by atoms with Crippen molar-refractivity contribution in [1.82, 2.24) is 0 Å². The van der Waals surface area contributed by atoms with Gasteiger partial charge in [0, 0.05) is 16.6 Å². The van der Waals surface area contributed by atoms with E-state index in [0.29, 0.717) is 0 Å². The number of hydrogen-bond donors (Lipinski definition) is 0. The Labute approximate surface area is 82.9 Å². The predicted octanol–water partition coefficient (Wildman–Crippen LogP) is 1.70. The fourth-order valence-corrected chi connectivity index (χ4v) is 2.61. The maximum absolute atomic E-state index is 11.4. The molecule has 0 aliphatic heterocycles. The van der Waals surface area contributed by atoms with Crippen LogP contribution in [0.15, 0.2) is 0 Å². The van der Waals surface area contributed by atoms with Crippen LogP contribution in [0, 0.1) is 5.92 Å². The smallest absolute Gasteiger partial charge is 0.239 e. The van der Waals surface area contributed by atoms with Gasteiger partial charge in [-0.25, -0.2) is 8.42 Å². The highest BCUT2D eigenvalue weighted by molar-refractivity contribution is 8.14. The fourth-order valence-electron chi connectivity index (χ4n) is 1.71. The van der Waals surface area contributed by atoms with E-state index in [-0.39, 0.29) is 11.7 Å². The Morgan fingerprint density at radius 2 is 1.77 bits per heavy atom. The summed E-state index contributed by atoms with van der Waals surface area (Å²) in [6, 6.07) is 0. The van der Waals surface area contributed by atoms with Crippen molar-refractivity contribution in [2.24, 2.45) is 5.92 Å². The first kappa shape index (κ1) is 11.0. The first-order chi connectivity index (χ1) is 5.99. The minimum absolute atomic E-state index is 0.0673. The lowest BCUT2D eigenvalue weighted by Crippen LogP contribution is -2.23. The SMILES string of the molecule is O=C(CS(=O)(=O)Cl)C1CCCCC1. The Bertz CT molecular complexity index is 278. The third-order valence-electron chi connectivity index (χ3n) is 2.38. The van der Waals surface area contributed by atoms with Gasteiger partial charge < -0.3 is 0 Å². The molecule has 3 nitrogen and oxygen atoms in total. The molecular formula is C8H13ClO3S. The van der Waals surface area contributed by atoms with E-state index in [0.717, 1.165) is 32.1 Å². The second-order valence-electron chi connectivity index (χ2n) is 3.48. The second-order valence-corrected chi connectivity index (χ2v) is 6.26. The van der Waals surface area contributed by atoms with Crippen LogP contribution in [0.2, 0.25) is 0 Å². The van der Waals surface area contributed by atoms with Crippen LogP contribution >= 0.6 is 10.7 Å². The van der Waals surface area contributed by atoms with Gasteiger partial charge in [0.05, 0.1) is 0 Å². The van der Waals surface area contributed by atoms with Crippen molar-refractivity contribution in [3.63, 3.8) is 0 Å². The summed E-state index contributed by atoms with van der Waals surface area (Å²) in [5.41, 5.74) is 0. The molecule has 0 amide bonds. The molecule has 0 heterocycles. The van der Waals surface area contributed by atoms with Gasteiger partial charge in [-0.2, -0.15) is 0 Å². The van der Waals surface area contributed by atoms with Crippen molar-refractivity contribution < 1.29 is 13.2 Å². The fraction of sp³-hybridized carbons (Fsp3) is 0.875. The highest BCUT2D eigenvalue weighted by Crippen LogP contribution is 2.24. The number of carbonyl (C=O) groups excluding carboxylic acids is 1. The maximum atomic E-state index is 11.4. The molecule has 76 valence electrons. The van der Waals surface area contributed by atoms with Gasteiger partial charge in [-0.05, 0) is 12.8 Å². The standard InChI is InChI=1S/C8H13ClO3S/c9-13(11,12)6-8(10)7-4-2-1-3-5-7/h7H,1-6H2. The van der Waals surface area contributed by atoms with Gasteiger partial charge >= 0.3 is 0 Å². The summed E-state index contributed by atoms with van der Waals surface area (Å²) in [4.78, 5) is 11.4. The maximum Gasteiger partial charge on any atom is 0.239 e. The van der Waals surface area contributed by atoms with E-state index in [1.807, 2.05) is 0 Å². The summed E-state index contributed by atoms with van der Waals surface area (Å²) in [6.45, 7) is 0. The van der Waals surface area contributed by atoms with Gasteiger partial charge in [0.1, 0.15) is 5.75 Å². The van der Waals surface area contributed by atoms with Gasteiger partial charge in [0.2, 0.25) is 9.05 Å². The van der Waals surface area contributed by atoms with Crippen LogP contribution in [-0.2, 0) is 13.8 Å². The third kappa shape index (κ3) is 4.09. The van der Waals surface area contributed by atoms with E-state index in [4.69, 9.17) is 10.7 Å². The van der Waals surface area contributed by atoms with Crippen molar-refractivity contribution in [3.8, 4) is 0 Å². The van der Waals surface area contributed by atoms with Crippen LogP contribution < -0.4 is 0 Å². The molecule has 0 atom stereocenters. The van der Waals surface area contributed by atoms with Crippen LogP contribution in [0.5, 0.6) is 0 Å². The highest BCUT2D eigenvalue weighted by Gasteiger charge is 2.24. The molecule has 1 aliphatic carbocycles. The molecule has 13 heavy (non-hydrogen) atoms. The average Bonchev–Trinajstić information content (AvgIpc) is 2.03. The zero-order valence-corrected chi connectivity index (χ0v) is 8.90. The molecule has 1 aliphatic rings. The van der Waals surface area contributed by atoms with Crippen molar-refractivity contribution in [3.05, 3.63) is 0 Å². The number of hydrogen-bond acceptors (Lipinski definition) is 3. The molecule has 0 N–H and O–H groups in total. The van der Waals surface area contributed by atoms with E-state index in [9.17, 15) is 13.2 Å². The van der Waals surface area contributed by atoms with Crippen molar-refractivity contribution >= 4 is 25.5 Å². The quantitative estimate of drug-likeness (QED) is 0.686. The van der Waals surface area contributed by atoms with Gasteiger partial charge in [-0.3, -0.25) is 4.79 Å². The third-order valence-corrected chi connectivity index (χ3v) is 3.33. The van der Waals surface area contributed by atoms with Crippen LogP contribution in [0.1, 0.15) is 32.1 Å². The molecule has 0 spiro atoms. The van der Waals surface area contributed by atoms with E-state index in [1.165, 1.54) is 0 Å². The lowest BCUT2D eigenvalue weighted by Gasteiger charge is -2.19. The number of halogens is 1. The molecule has 1 rings (SSSR count). The number of ketones is 1. The monoisotopic (exact) mass is 224 g/mol. The van der Waals surface area contributed by atoms with Gasteiger partial charge in [-0.15, -0.1) is 0 Å². The molecule has 0 aromatic heterocycles. The lowest BCUT2D eigenvalue weighted by molar-refractivity contribution is -0.121.